The maximum atomic E-state index is 10.9. The highest BCUT2D eigenvalue weighted by atomic mass is 16.6. The zero-order chi connectivity index (χ0) is 14.7. The number of hydrogen-bond acceptors (Lipinski definition) is 6. The van der Waals surface area contributed by atoms with E-state index in [0.29, 0.717) is 11.6 Å². The van der Waals surface area contributed by atoms with Gasteiger partial charge in [-0.25, -0.2) is 4.98 Å². The molecule has 2 aromatic heterocycles. The van der Waals surface area contributed by atoms with Gasteiger partial charge in [-0.3, -0.25) is 14.8 Å². The molecule has 2 aromatic rings. The maximum Gasteiger partial charge on any atom is 0.276 e. The van der Waals surface area contributed by atoms with Crippen LogP contribution in [0.15, 0.2) is 18.3 Å². The van der Waals surface area contributed by atoms with E-state index in [-0.39, 0.29) is 5.69 Å². The zero-order valence-corrected chi connectivity index (χ0v) is 11.5. The van der Waals surface area contributed by atoms with Gasteiger partial charge in [-0.05, 0) is 6.42 Å². The average Bonchev–Trinajstić information content (AvgIpc) is 2.78. The van der Waals surface area contributed by atoms with Crippen LogP contribution in [-0.2, 0) is 13.5 Å². The molecule has 0 atom stereocenters. The predicted molar refractivity (Wildman–Crippen MR) is 76.3 cm³/mol. The summed E-state index contributed by atoms with van der Waals surface area (Å²) < 4.78 is 1.69. The van der Waals surface area contributed by atoms with Crippen molar-refractivity contribution in [1.29, 1.82) is 0 Å². The number of nitro groups is 1. The highest BCUT2D eigenvalue weighted by molar-refractivity contribution is 5.63. The molecule has 0 aromatic carbocycles. The van der Waals surface area contributed by atoms with Crippen molar-refractivity contribution in [1.82, 2.24) is 14.8 Å². The van der Waals surface area contributed by atoms with E-state index >= 15 is 0 Å². The van der Waals surface area contributed by atoms with Crippen molar-refractivity contribution in [3.8, 4) is 0 Å². The number of aryl methyl sites for hydroxylation is 2. The minimum atomic E-state index is -0.447. The highest BCUT2D eigenvalue weighted by Gasteiger charge is 2.13. The van der Waals surface area contributed by atoms with Gasteiger partial charge in [0.2, 0.25) is 0 Å². The van der Waals surface area contributed by atoms with Crippen LogP contribution in [-0.4, -0.2) is 26.7 Å². The van der Waals surface area contributed by atoms with Crippen LogP contribution < -0.4 is 10.6 Å². The van der Waals surface area contributed by atoms with E-state index in [0.717, 1.165) is 17.8 Å². The van der Waals surface area contributed by atoms with Crippen LogP contribution in [0.5, 0.6) is 0 Å². The molecule has 0 aliphatic carbocycles. The molecular formula is C12H16N6O2. The fourth-order valence-corrected chi connectivity index (χ4v) is 1.85. The van der Waals surface area contributed by atoms with Gasteiger partial charge in [0.15, 0.2) is 0 Å². The normalized spacial score (nSPS) is 10.3. The number of nitrogens with zero attached hydrogens (tertiary/aromatic N) is 4. The van der Waals surface area contributed by atoms with Crippen LogP contribution in [0.25, 0.3) is 0 Å². The molecule has 0 unspecified atom stereocenters. The largest absolute Gasteiger partial charge is 0.373 e. The van der Waals surface area contributed by atoms with Crippen LogP contribution in [0.2, 0.25) is 0 Å². The van der Waals surface area contributed by atoms with Crippen molar-refractivity contribution < 1.29 is 4.92 Å². The third-order valence-electron chi connectivity index (χ3n) is 2.78. The third-order valence-corrected chi connectivity index (χ3v) is 2.78. The zero-order valence-electron chi connectivity index (χ0n) is 11.5. The van der Waals surface area contributed by atoms with E-state index in [1.54, 1.807) is 11.7 Å². The van der Waals surface area contributed by atoms with Crippen molar-refractivity contribution in [3.63, 3.8) is 0 Å². The summed E-state index contributed by atoms with van der Waals surface area (Å²) in [5.41, 5.74) is 1.66. The first kappa shape index (κ1) is 13.8. The molecule has 0 spiro atoms. The van der Waals surface area contributed by atoms with Crippen LogP contribution in [0.1, 0.15) is 12.6 Å². The molecule has 0 radical (unpaired) electrons. The van der Waals surface area contributed by atoms with Gasteiger partial charge in [0.25, 0.3) is 5.69 Å². The second-order valence-corrected chi connectivity index (χ2v) is 4.24. The molecule has 0 saturated carbocycles. The van der Waals surface area contributed by atoms with Crippen molar-refractivity contribution in [3.05, 3.63) is 34.1 Å². The van der Waals surface area contributed by atoms with Crippen molar-refractivity contribution in [2.24, 2.45) is 7.05 Å². The molecule has 8 heteroatoms. The summed E-state index contributed by atoms with van der Waals surface area (Å²) in [6.07, 6.45) is 2.58. The molecule has 2 rings (SSSR count). The Kier molecular flexibility index (Phi) is 3.83. The predicted octanol–water partition coefficient (Wildman–Crippen LogP) is 2.07. The lowest BCUT2D eigenvalue weighted by molar-refractivity contribution is -0.384. The van der Waals surface area contributed by atoms with E-state index in [1.807, 2.05) is 20.2 Å². The third kappa shape index (κ3) is 2.85. The molecule has 0 saturated heterocycles. The van der Waals surface area contributed by atoms with Gasteiger partial charge in [-0.15, -0.1) is 0 Å². The fourth-order valence-electron chi connectivity index (χ4n) is 1.85. The van der Waals surface area contributed by atoms with Gasteiger partial charge in [0.1, 0.15) is 11.6 Å². The first-order valence-electron chi connectivity index (χ1n) is 6.17. The Bertz CT molecular complexity index is 637. The second kappa shape index (κ2) is 5.55. The van der Waals surface area contributed by atoms with Gasteiger partial charge in [-0.2, -0.15) is 5.10 Å². The Hall–Kier alpha value is -2.64. The second-order valence-electron chi connectivity index (χ2n) is 4.24. The Morgan fingerprint density at radius 3 is 2.70 bits per heavy atom. The fraction of sp³-hybridized carbons (Fsp3) is 0.333. The standard InChI is InChI=1S/C12H16N6O2/c1-4-9-10(7-17(3)16-9)14-12-6-8(18(19)20)5-11(13-2)15-12/h5-7H,4H2,1-3H3,(H2,13,14,15). The molecule has 20 heavy (non-hydrogen) atoms. The highest BCUT2D eigenvalue weighted by Crippen LogP contribution is 2.24. The lowest BCUT2D eigenvalue weighted by Gasteiger charge is -2.07. The van der Waals surface area contributed by atoms with Crippen molar-refractivity contribution >= 4 is 23.0 Å². The Balaban J connectivity index is 2.37. The SMILES string of the molecule is CCc1nn(C)cc1Nc1cc([N+](=O)[O-])cc(NC)n1. The molecule has 0 aliphatic heterocycles. The summed E-state index contributed by atoms with van der Waals surface area (Å²) in [5, 5.41) is 21.1. The van der Waals surface area contributed by atoms with Gasteiger partial charge >= 0.3 is 0 Å². The summed E-state index contributed by atoms with van der Waals surface area (Å²) in [6.45, 7) is 1.99. The Labute approximate surface area is 116 Å². The summed E-state index contributed by atoms with van der Waals surface area (Å²) in [5.74, 6) is 0.842. The quantitative estimate of drug-likeness (QED) is 0.640. The Morgan fingerprint density at radius 2 is 2.10 bits per heavy atom. The molecule has 0 aliphatic rings. The molecule has 2 heterocycles. The van der Waals surface area contributed by atoms with Crippen LogP contribution >= 0.6 is 0 Å². The number of hydrogen-bond donors (Lipinski definition) is 2. The topological polar surface area (TPSA) is 97.9 Å². The average molecular weight is 276 g/mol. The van der Waals surface area contributed by atoms with Gasteiger partial charge in [0, 0.05) is 20.3 Å². The Morgan fingerprint density at radius 1 is 1.40 bits per heavy atom. The van der Waals surface area contributed by atoms with E-state index < -0.39 is 4.92 Å². The summed E-state index contributed by atoms with van der Waals surface area (Å²) >= 11 is 0. The minimum Gasteiger partial charge on any atom is -0.373 e. The molecule has 2 N–H and O–H groups in total. The van der Waals surface area contributed by atoms with Crippen LogP contribution in [0.4, 0.5) is 23.0 Å². The van der Waals surface area contributed by atoms with Crippen LogP contribution in [0.3, 0.4) is 0 Å². The maximum absolute atomic E-state index is 10.9. The number of nitrogens with one attached hydrogen (secondary N) is 2. The number of aromatic nitrogens is 3. The molecule has 106 valence electrons. The number of anilines is 3. The molecular weight excluding hydrogens is 260 g/mol. The first-order chi connectivity index (χ1) is 9.53. The number of pyridine rings is 1. The molecule has 0 fully saturated rings. The van der Waals surface area contributed by atoms with E-state index in [1.165, 1.54) is 12.1 Å². The van der Waals surface area contributed by atoms with E-state index in [2.05, 4.69) is 20.7 Å². The lowest BCUT2D eigenvalue weighted by Crippen LogP contribution is -2.01. The lowest BCUT2D eigenvalue weighted by atomic mass is 10.3. The summed E-state index contributed by atoms with van der Waals surface area (Å²) in [4.78, 5) is 14.7. The van der Waals surface area contributed by atoms with Crippen LogP contribution in [0, 0.1) is 10.1 Å². The monoisotopic (exact) mass is 276 g/mol. The summed E-state index contributed by atoms with van der Waals surface area (Å²) in [7, 11) is 3.49. The number of rotatable bonds is 5. The summed E-state index contributed by atoms with van der Waals surface area (Å²) in [6, 6.07) is 2.78. The molecule has 0 amide bonds. The van der Waals surface area contributed by atoms with E-state index in [4.69, 9.17) is 0 Å². The van der Waals surface area contributed by atoms with E-state index in [9.17, 15) is 10.1 Å². The van der Waals surface area contributed by atoms with Crippen molar-refractivity contribution in [2.75, 3.05) is 17.7 Å². The van der Waals surface area contributed by atoms with Gasteiger partial charge in [0.05, 0.1) is 28.4 Å². The molecule has 0 bridgehead atoms. The van der Waals surface area contributed by atoms with Gasteiger partial charge in [-0.1, -0.05) is 6.92 Å². The first-order valence-corrected chi connectivity index (χ1v) is 6.17. The minimum absolute atomic E-state index is 0.0196. The molecule has 8 nitrogen and oxygen atoms in total. The van der Waals surface area contributed by atoms with Gasteiger partial charge < -0.3 is 10.6 Å². The smallest absolute Gasteiger partial charge is 0.276 e. The van der Waals surface area contributed by atoms with Crippen molar-refractivity contribution in [2.45, 2.75) is 13.3 Å².